The van der Waals surface area contributed by atoms with E-state index in [4.69, 9.17) is 5.11 Å². The molecule has 20 heavy (non-hydrogen) atoms. The highest BCUT2D eigenvalue weighted by molar-refractivity contribution is 7.91. The Morgan fingerprint density at radius 1 is 1.45 bits per heavy atom. The van der Waals surface area contributed by atoms with Crippen molar-refractivity contribution in [1.29, 1.82) is 0 Å². The molecule has 0 spiro atoms. The van der Waals surface area contributed by atoms with Gasteiger partial charge in [0.15, 0.2) is 0 Å². The van der Waals surface area contributed by atoms with Gasteiger partial charge in [-0.05, 0) is 36.9 Å². The highest BCUT2D eigenvalue weighted by atomic mass is 32.2. The Morgan fingerprint density at radius 2 is 2.15 bits per heavy atom. The second kappa shape index (κ2) is 5.65. The van der Waals surface area contributed by atoms with Crippen molar-refractivity contribution >= 4 is 38.7 Å². The van der Waals surface area contributed by atoms with Gasteiger partial charge < -0.3 is 5.11 Å². The van der Waals surface area contributed by atoms with E-state index < -0.39 is 16.0 Å². The minimum Gasteiger partial charge on any atom is -0.477 e. The largest absolute Gasteiger partial charge is 0.477 e. The van der Waals surface area contributed by atoms with E-state index in [1.807, 2.05) is 17.5 Å². The highest BCUT2D eigenvalue weighted by Gasteiger charge is 2.24. The third kappa shape index (κ3) is 3.09. The van der Waals surface area contributed by atoms with E-state index in [9.17, 15) is 13.2 Å². The number of hydrogen-bond donors (Lipinski definition) is 2. The number of thiophene rings is 2. The van der Waals surface area contributed by atoms with Crippen LogP contribution in [0.3, 0.4) is 0 Å². The zero-order valence-corrected chi connectivity index (χ0v) is 13.2. The Kier molecular flexibility index (Phi) is 4.28. The van der Waals surface area contributed by atoms with Crippen LogP contribution >= 0.6 is 22.7 Å². The summed E-state index contributed by atoms with van der Waals surface area (Å²) in [6.07, 6.45) is 0. The smallest absolute Gasteiger partial charge is 0.346 e. The van der Waals surface area contributed by atoms with Crippen molar-refractivity contribution in [3.05, 3.63) is 38.9 Å². The van der Waals surface area contributed by atoms with Crippen molar-refractivity contribution in [1.82, 2.24) is 4.72 Å². The van der Waals surface area contributed by atoms with Crippen molar-refractivity contribution in [3.8, 4) is 0 Å². The van der Waals surface area contributed by atoms with Crippen LogP contribution in [0.4, 0.5) is 0 Å². The Bertz CT molecular complexity index is 716. The predicted octanol–water partition coefficient (Wildman–Crippen LogP) is 2.86. The molecule has 0 saturated carbocycles. The molecule has 1 atom stereocenters. The van der Waals surface area contributed by atoms with Gasteiger partial charge in [-0.15, -0.1) is 22.7 Å². The fourth-order valence-corrected chi connectivity index (χ4v) is 5.11. The van der Waals surface area contributed by atoms with Crippen LogP contribution in [0.5, 0.6) is 0 Å². The second-order valence-electron chi connectivity index (χ2n) is 4.24. The van der Waals surface area contributed by atoms with Crippen molar-refractivity contribution in [2.75, 3.05) is 0 Å². The Labute approximate surface area is 124 Å². The van der Waals surface area contributed by atoms with Gasteiger partial charge in [0.2, 0.25) is 0 Å². The van der Waals surface area contributed by atoms with Crippen LogP contribution in [0.15, 0.2) is 27.8 Å². The number of nitrogens with one attached hydrogen (secondary N) is 1. The number of carboxylic acid groups (broad SMARTS) is 1. The lowest BCUT2D eigenvalue weighted by molar-refractivity contribution is 0.0701. The summed E-state index contributed by atoms with van der Waals surface area (Å²) in [4.78, 5) is 11.9. The number of rotatable bonds is 5. The zero-order valence-electron chi connectivity index (χ0n) is 10.8. The van der Waals surface area contributed by atoms with Gasteiger partial charge in [-0.25, -0.2) is 17.9 Å². The van der Waals surface area contributed by atoms with Crippen LogP contribution in [0, 0.1) is 6.92 Å². The first-order valence-corrected chi connectivity index (χ1v) is 8.88. The molecule has 0 aliphatic rings. The SMILES string of the molecule is Cc1cc(S(=O)(=O)N[C@H](C)c2cccs2)sc1C(=O)O. The molecule has 0 radical (unpaired) electrons. The number of hydrogen-bond acceptors (Lipinski definition) is 5. The topological polar surface area (TPSA) is 83.5 Å². The Balaban J connectivity index is 2.27. The van der Waals surface area contributed by atoms with E-state index in [0.29, 0.717) is 5.56 Å². The maximum Gasteiger partial charge on any atom is 0.346 e. The van der Waals surface area contributed by atoms with Gasteiger partial charge >= 0.3 is 5.97 Å². The number of sulfonamides is 1. The first-order chi connectivity index (χ1) is 9.31. The molecule has 0 aliphatic carbocycles. The molecule has 108 valence electrons. The van der Waals surface area contributed by atoms with E-state index in [2.05, 4.69) is 4.72 Å². The summed E-state index contributed by atoms with van der Waals surface area (Å²) in [5.41, 5.74) is 0.451. The van der Waals surface area contributed by atoms with Crippen molar-refractivity contribution in [2.45, 2.75) is 24.1 Å². The Morgan fingerprint density at radius 3 is 2.65 bits per heavy atom. The average molecular weight is 331 g/mol. The zero-order chi connectivity index (χ0) is 14.9. The van der Waals surface area contributed by atoms with Crippen LogP contribution in [-0.2, 0) is 10.0 Å². The molecule has 0 fully saturated rings. The molecular formula is C12H13NO4S3. The molecule has 0 bridgehead atoms. The molecule has 2 N–H and O–H groups in total. The van der Waals surface area contributed by atoms with Gasteiger partial charge in [0.05, 0.1) is 6.04 Å². The molecular weight excluding hydrogens is 318 g/mol. The van der Waals surface area contributed by atoms with Crippen LogP contribution < -0.4 is 4.72 Å². The molecule has 2 heterocycles. The molecule has 0 amide bonds. The van der Waals surface area contributed by atoms with Crippen LogP contribution in [-0.4, -0.2) is 19.5 Å². The van der Waals surface area contributed by atoms with Crippen molar-refractivity contribution < 1.29 is 18.3 Å². The lowest BCUT2D eigenvalue weighted by Gasteiger charge is -2.11. The molecule has 8 heteroatoms. The van der Waals surface area contributed by atoms with Crippen LogP contribution in [0.25, 0.3) is 0 Å². The molecule has 2 aromatic rings. The van der Waals surface area contributed by atoms with Gasteiger partial charge in [0.25, 0.3) is 10.0 Å². The number of aromatic carboxylic acids is 1. The average Bonchev–Trinajstić information content (AvgIpc) is 2.96. The quantitative estimate of drug-likeness (QED) is 0.882. The first kappa shape index (κ1) is 15.2. The van der Waals surface area contributed by atoms with E-state index in [-0.39, 0.29) is 15.1 Å². The second-order valence-corrected chi connectivity index (χ2v) is 8.21. The Hall–Kier alpha value is -1.22. The maximum absolute atomic E-state index is 12.2. The summed E-state index contributed by atoms with van der Waals surface area (Å²) in [6, 6.07) is 4.73. The first-order valence-electron chi connectivity index (χ1n) is 5.70. The third-order valence-electron chi connectivity index (χ3n) is 2.66. The molecule has 0 unspecified atom stereocenters. The molecule has 5 nitrogen and oxygen atoms in total. The number of carboxylic acids is 1. The monoisotopic (exact) mass is 331 g/mol. The number of carbonyl (C=O) groups is 1. The van der Waals surface area contributed by atoms with E-state index in [1.165, 1.54) is 17.4 Å². The summed E-state index contributed by atoms with van der Waals surface area (Å²) < 4.78 is 27.1. The standard InChI is InChI=1S/C12H13NO4S3/c1-7-6-10(19-11(7)12(14)15)20(16,17)13-8(2)9-4-3-5-18-9/h3-6,8,13H,1-2H3,(H,14,15)/t8-/m1/s1. The van der Waals surface area contributed by atoms with E-state index in [1.54, 1.807) is 13.8 Å². The maximum atomic E-state index is 12.2. The molecule has 0 aromatic carbocycles. The predicted molar refractivity (Wildman–Crippen MR) is 79.1 cm³/mol. The fraction of sp³-hybridized carbons (Fsp3) is 0.250. The minimum atomic E-state index is -3.71. The molecule has 0 saturated heterocycles. The fourth-order valence-electron chi connectivity index (χ4n) is 1.68. The highest BCUT2D eigenvalue weighted by Crippen LogP contribution is 2.28. The molecule has 2 aromatic heterocycles. The molecule has 2 rings (SSSR count). The van der Waals surface area contributed by atoms with Gasteiger partial charge in [-0.1, -0.05) is 6.07 Å². The van der Waals surface area contributed by atoms with Gasteiger partial charge in [0, 0.05) is 4.88 Å². The van der Waals surface area contributed by atoms with E-state index >= 15 is 0 Å². The van der Waals surface area contributed by atoms with Gasteiger partial charge in [0.1, 0.15) is 9.09 Å². The lowest BCUT2D eigenvalue weighted by atomic mass is 10.3. The summed E-state index contributed by atoms with van der Waals surface area (Å²) in [5, 5.41) is 10.8. The van der Waals surface area contributed by atoms with Crippen LogP contribution in [0.2, 0.25) is 0 Å². The van der Waals surface area contributed by atoms with Crippen molar-refractivity contribution in [2.24, 2.45) is 0 Å². The number of aryl methyl sites for hydroxylation is 1. The third-order valence-corrected chi connectivity index (χ3v) is 6.95. The van der Waals surface area contributed by atoms with Crippen molar-refractivity contribution in [3.63, 3.8) is 0 Å². The normalized spacial score (nSPS) is 13.3. The van der Waals surface area contributed by atoms with Gasteiger partial charge in [-0.3, -0.25) is 0 Å². The summed E-state index contributed by atoms with van der Waals surface area (Å²) in [7, 11) is -3.71. The summed E-state index contributed by atoms with van der Waals surface area (Å²) in [5.74, 6) is -1.11. The lowest BCUT2D eigenvalue weighted by Crippen LogP contribution is -2.25. The van der Waals surface area contributed by atoms with Crippen LogP contribution in [0.1, 0.15) is 33.1 Å². The minimum absolute atomic E-state index is 0.0239. The summed E-state index contributed by atoms with van der Waals surface area (Å²) in [6.45, 7) is 3.34. The summed E-state index contributed by atoms with van der Waals surface area (Å²) >= 11 is 2.23. The molecule has 0 aliphatic heterocycles. The van der Waals surface area contributed by atoms with E-state index in [0.717, 1.165) is 16.2 Å². The van der Waals surface area contributed by atoms with Gasteiger partial charge in [-0.2, -0.15) is 0 Å².